The number of hydrogen-bond donors (Lipinski definition) is 1. The van der Waals surface area contributed by atoms with Crippen LogP contribution in [0.15, 0.2) is 42.5 Å². The summed E-state index contributed by atoms with van der Waals surface area (Å²) in [5, 5.41) is 1.06. The van der Waals surface area contributed by atoms with Crippen LogP contribution in [0.2, 0.25) is 0 Å². The van der Waals surface area contributed by atoms with Crippen LogP contribution in [0.4, 0.5) is 5.69 Å². The second kappa shape index (κ2) is 7.72. The fraction of sp³-hybridized carbons (Fsp3) is 0.211. The van der Waals surface area contributed by atoms with Gasteiger partial charge in [0.05, 0.1) is 17.9 Å². The zero-order valence-corrected chi connectivity index (χ0v) is 14.4. The van der Waals surface area contributed by atoms with Gasteiger partial charge in [0.25, 0.3) is 11.8 Å². The molecule has 2 aromatic carbocycles. The molecular formula is C19H20N2O4. The molecule has 2 aromatic rings. The normalized spacial score (nSPS) is 10.4. The van der Waals surface area contributed by atoms with E-state index in [0.29, 0.717) is 16.8 Å². The zero-order valence-electron chi connectivity index (χ0n) is 14.4. The molecule has 0 bridgehead atoms. The van der Waals surface area contributed by atoms with Crippen LogP contribution < -0.4 is 10.8 Å². The van der Waals surface area contributed by atoms with Gasteiger partial charge < -0.3 is 5.73 Å². The standard InChI is InChI=1S/C19H20N2O4/c1-4-25-21(17-12(2)7-5-10-16(17)18(20)23)19(24)15-9-6-8-14(11-15)13(3)22/h5-11H,4H2,1-3H3,(H2,20,23). The SMILES string of the molecule is CCON(C(=O)c1cccc(C(C)=O)c1)c1c(C)cccc1C(N)=O. The average Bonchev–Trinajstić information content (AvgIpc) is 2.59. The molecule has 0 heterocycles. The lowest BCUT2D eigenvalue weighted by Gasteiger charge is -2.25. The highest BCUT2D eigenvalue weighted by Crippen LogP contribution is 2.27. The number of carbonyl (C=O) groups excluding carboxylic acids is 3. The Morgan fingerprint density at radius 1 is 1.08 bits per heavy atom. The van der Waals surface area contributed by atoms with Crippen LogP contribution in [0.1, 0.15) is 50.5 Å². The molecule has 0 saturated heterocycles. The first-order chi connectivity index (χ1) is 11.9. The van der Waals surface area contributed by atoms with E-state index in [9.17, 15) is 14.4 Å². The maximum atomic E-state index is 13.0. The van der Waals surface area contributed by atoms with Gasteiger partial charge >= 0.3 is 0 Å². The van der Waals surface area contributed by atoms with Crippen molar-refractivity contribution in [2.75, 3.05) is 11.7 Å². The van der Waals surface area contributed by atoms with Crippen LogP contribution in [0.5, 0.6) is 0 Å². The molecule has 0 aliphatic heterocycles. The molecule has 0 fully saturated rings. The predicted octanol–water partition coefficient (Wildman–Crippen LogP) is 2.89. The third-order valence-corrected chi connectivity index (χ3v) is 3.67. The molecule has 2 rings (SSSR count). The molecule has 130 valence electrons. The number of nitrogens with zero attached hydrogens (tertiary/aromatic N) is 1. The Kier molecular flexibility index (Phi) is 5.67. The quantitative estimate of drug-likeness (QED) is 0.647. The van der Waals surface area contributed by atoms with Gasteiger partial charge in [-0.1, -0.05) is 24.3 Å². The third-order valence-electron chi connectivity index (χ3n) is 3.67. The van der Waals surface area contributed by atoms with Gasteiger partial charge in [0.15, 0.2) is 5.78 Å². The van der Waals surface area contributed by atoms with Gasteiger partial charge in [-0.05, 0) is 44.5 Å². The molecule has 0 aliphatic rings. The largest absolute Gasteiger partial charge is 0.366 e. The molecule has 0 aliphatic carbocycles. The van der Waals surface area contributed by atoms with Gasteiger partial charge in [0.2, 0.25) is 0 Å². The molecule has 0 unspecified atom stereocenters. The van der Waals surface area contributed by atoms with E-state index in [2.05, 4.69) is 0 Å². The van der Waals surface area contributed by atoms with E-state index in [1.165, 1.54) is 19.1 Å². The van der Waals surface area contributed by atoms with Crippen molar-refractivity contribution in [2.45, 2.75) is 20.8 Å². The topological polar surface area (TPSA) is 89.7 Å². The monoisotopic (exact) mass is 340 g/mol. The first kappa shape index (κ1) is 18.4. The van der Waals surface area contributed by atoms with E-state index < -0.39 is 11.8 Å². The molecule has 0 radical (unpaired) electrons. The number of nitrogens with two attached hydrogens (primary N) is 1. The maximum absolute atomic E-state index is 13.0. The average molecular weight is 340 g/mol. The van der Waals surface area contributed by atoms with E-state index in [4.69, 9.17) is 10.6 Å². The third kappa shape index (κ3) is 3.92. The number of aryl methyl sites for hydroxylation is 1. The van der Waals surface area contributed by atoms with Crippen molar-refractivity contribution >= 4 is 23.3 Å². The molecule has 2 amide bonds. The van der Waals surface area contributed by atoms with Crippen LogP contribution in [-0.2, 0) is 4.84 Å². The number of benzene rings is 2. The second-order valence-corrected chi connectivity index (χ2v) is 5.49. The number of hydrogen-bond acceptors (Lipinski definition) is 4. The van der Waals surface area contributed by atoms with Crippen LogP contribution >= 0.6 is 0 Å². The van der Waals surface area contributed by atoms with E-state index in [-0.39, 0.29) is 23.5 Å². The Morgan fingerprint density at radius 2 is 1.72 bits per heavy atom. The van der Waals surface area contributed by atoms with Gasteiger partial charge in [-0.3, -0.25) is 19.2 Å². The van der Waals surface area contributed by atoms with Crippen LogP contribution in [0.3, 0.4) is 0 Å². The molecule has 0 atom stereocenters. The maximum Gasteiger partial charge on any atom is 0.282 e. The van der Waals surface area contributed by atoms with Crippen molar-refractivity contribution < 1.29 is 19.2 Å². The van der Waals surface area contributed by atoms with Gasteiger partial charge in [0.1, 0.15) is 0 Å². The number of para-hydroxylation sites is 1. The molecule has 0 aromatic heterocycles. The Hall–Kier alpha value is -2.99. The highest BCUT2D eigenvalue weighted by atomic mass is 16.7. The molecule has 2 N–H and O–H groups in total. The van der Waals surface area contributed by atoms with Gasteiger partial charge in [-0.2, -0.15) is 5.06 Å². The lowest BCUT2D eigenvalue weighted by molar-refractivity contribution is 0.0677. The predicted molar refractivity (Wildman–Crippen MR) is 94.6 cm³/mol. The number of carbonyl (C=O) groups is 3. The first-order valence-corrected chi connectivity index (χ1v) is 7.84. The molecule has 6 nitrogen and oxygen atoms in total. The summed E-state index contributed by atoms with van der Waals surface area (Å²) in [5.41, 5.74) is 7.29. The summed E-state index contributed by atoms with van der Waals surface area (Å²) in [4.78, 5) is 41.8. The number of ketones is 1. The number of primary amides is 1. The summed E-state index contributed by atoms with van der Waals surface area (Å²) < 4.78 is 0. The Bertz CT molecular complexity index is 830. The first-order valence-electron chi connectivity index (χ1n) is 7.84. The molecule has 0 saturated carbocycles. The fourth-order valence-corrected chi connectivity index (χ4v) is 2.47. The van der Waals surface area contributed by atoms with E-state index in [1.54, 1.807) is 44.2 Å². The van der Waals surface area contributed by atoms with Crippen molar-refractivity contribution in [3.8, 4) is 0 Å². The molecular weight excluding hydrogens is 320 g/mol. The number of anilines is 1. The highest BCUT2D eigenvalue weighted by Gasteiger charge is 2.25. The minimum Gasteiger partial charge on any atom is -0.366 e. The summed E-state index contributed by atoms with van der Waals surface area (Å²) in [6, 6.07) is 11.3. The second-order valence-electron chi connectivity index (χ2n) is 5.49. The van der Waals surface area contributed by atoms with Crippen molar-refractivity contribution in [3.63, 3.8) is 0 Å². The minimum atomic E-state index is -0.659. The summed E-state index contributed by atoms with van der Waals surface area (Å²) in [6.45, 7) is 5.13. The van der Waals surface area contributed by atoms with Gasteiger partial charge in [-0.15, -0.1) is 0 Å². The fourth-order valence-electron chi connectivity index (χ4n) is 2.47. The van der Waals surface area contributed by atoms with Gasteiger partial charge in [-0.25, -0.2) is 0 Å². The summed E-state index contributed by atoms with van der Waals surface area (Å²) >= 11 is 0. The van der Waals surface area contributed by atoms with Crippen molar-refractivity contribution in [3.05, 3.63) is 64.7 Å². The van der Waals surface area contributed by atoms with Crippen molar-refractivity contribution in [1.82, 2.24) is 0 Å². The molecule has 25 heavy (non-hydrogen) atoms. The van der Waals surface area contributed by atoms with Crippen molar-refractivity contribution in [1.29, 1.82) is 0 Å². The Balaban J connectivity index is 2.56. The van der Waals surface area contributed by atoms with E-state index in [0.717, 1.165) is 5.06 Å². The minimum absolute atomic E-state index is 0.147. The number of Topliss-reactive ketones (excluding diaryl/α,β-unsaturated/α-hetero) is 1. The number of amides is 2. The van der Waals surface area contributed by atoms with E-state index in [1.807, 2.05) is 0 Å². The summed E-state index contributed by atoms with van der Waals surface area (Å²) in [6.07, 6.45) is 0. The Morgan fingerprint density at radius 3 is 2.32 bits per heavy atom. The van der Waals surface area contributed by atoms with E-state index >= 15 is 0 Å². The van der Waals surface area contributed by atoms with Crippen molar-refractivity contribution in [2.24, 2.45) is 5.73 Å². The zero-order chi connectivity index (χ0) is 18.6. The highest BCUT2D eigenvalue weighted by molar-refractivity contribution is 6.10. The summed E-state index contributed by atoms with van der Waals surface area (Å²) in [5.74, 6) is -1.29. The summed E-state index contributed by atoms with van der Waals surface area (Å²) in [7, 11) is 0. The Labute approximate surface area is 146 Å². The smallest absolute Gasteiger partial charge is 0.282 e. The number of hydroxylamine groups is 1. The molecule has 6 heteroatoms. The van der Waals surface area contributed by atoms with Crippen LogP contribution in [0.25, 0.3) is 0 Å². The lowest BCUT2D eigenvalue weighted by atomic mass is 10.0. The van der Waals surface area contributed by atoms with Gasteiger partial charge in [0, 0.05) is 11.1 Å². The van der Waals surface area contributed by atoms with Crippen LogP contribution in [0, 0.1) is 6.92 Å². The lowest BCUT2D eigenvalue weighted by Crippen LogP contribution is -2.34. The number of rotatable bonds is 6. The molecule has 0 spiro atoms. The van der Waals surface area contributed by atoms with Crippen LogP contribution in [-0.4, -0.2) is 24.2 Å².